The van der Waals surface area contributed by atoms with Crippen LogP contribution >= 0.6 is 0 Å². The Morgan fingerprint density at radius 2 is 1.96 bits per heavy atom. The van der Waals surface area contributed by atoms with Crippen LogP contribution in [-0.4, -0.2) is 51.3 Å². The second kappa shape index (κ2) is 6.36. The quantitative estimate of drug-likeness (QED) is 0.800. The van der Waals surface area contributed by atoms with Crippen LogP contribution in [0.3, 0.4) is 0 Å². The van der Waals surface area contributed by atoms with E-state index in [2.05, 4.69) is 36.3 Å². The van der Waals surface area contributed by atoms with Gasteiger partial charge in [-0.3, -0.25) is 14.9 Å². The molecule has 148 valence electrons. The van der Waals surface area contributed by atoms with Crippen LogP contribution in [0.4, 0.5) is 4.79 Å². The number of hydrogen-bond acceptors (Lipinski definition) is 3. The first-order chi connectivity index (χ1) is 13.2. The van der Waals surface area contributed by atoms with E-state index in [1.54, 1.807) is 13.8 Å². The van der Waals surface area contributed by atoms with Gasteiger partial charge in [0.05, 0.1) is 6.04 Å². The summed E-state index contributed by atoms with van der Waals surface area (Å²) in [7, 11) is 0. The Morgan fingerprint density at radius 3 is 2.61 bits per heavy atom. The highest BCUT2D eigenvalue weighted by molar-refractivity contribution is 6.07. The number of H-pyrrole nitrogens is 1. The van der Waals surface area contributed by atoms with E-state index in [1.165, 1.54) is 15.8 Å². The number of hydrogen-bond donors (Lipinski definition) is 2. The Labute approximate surface area is 164 Å². The number of urea groups is 1. The molecule has 0 bridgehead atoms. The highest BCUT2D eigenvalue weighted by Crippen LogP contribution is 2.38. The van der Waals surface area contributed by atoms with Gasteiger partial charge in [0.25, 0.3) is 5.91 Å². The molecule has 1 aromatic heterocycles. The van der Waals surface area contributed by atoms with Gasteiger partial charge in [-0.2, -0.15) is 0 Å². The first kappa shape index (κ1) is 18.5. The molecule has 0 radical (unpaired) electrons. The predicted octanol–water partition coefficient (Wildman–Crippen LogP) is 2.58. The Hall–Kier alpha value is -2.83. The molecule has 4 rings (SSSR count). The number of amides is 4. The van der Waals surface area contributed by atoms with Crippen molar-refractivity contribution in [1.29, 1.82) is 0 Å². The van der Waals surface area contributed by atoms with Crippen LogP contribution in [0.15, 0.2) is 24.3 Å². The van der Waals surface area contributed by atoms with E-state index in [0.29, 0.717) is 6.54 Å². The SMILES string of the molecule is CC(C)[C@@H]1c2[nH]c3ccccc3c2CCN1C(=O)CN1C(=O)NC(=O)C1(C)C. The maximum absolute atomic E-state index is 13.2. The summed E-state index contributed by atoms with van der Waals surface area (Å²) in [4.78, 5) is 44.1. The molecule has 2 aromatic rings. The summed E-state index contributed by atoms with van der Waals surface area (Å²) >= 11 is 0. The van der Waals surface area contributed by atoms with Crippen LogP contribution in [0.2, 0.25) is 0 Å². The van der Waals surface area contributed by atoms with Crippen molar-refractivity contribution >= 4 is 28.7 Å². The molecular formula is C21H26N4O3. The first-order valence-electron chi connectivity index (χ1n) is 9.74. The minimum atomic E-state index is -1.03. The van der Waals surface area contributed by atoms with E-state index in [-0.39, 0.29) is 30.3 Å². The summed E-state index contributed by atoms with van der Waals surface area (Å²) in [6, 6.07) is 7.61. The molecule has 1 aromatic carbocycles. The number of nitrogens with one attached hydrogen (secondary N) is 2. The fourth-order valence-corrected chi connectivity index (χ4v) is 4.43. The van der Waals surface area contributed by atoms with E-state index in [1.807, 2.05) is 17.0 Å². The van der Waals surface area contributed by atoms with Crippen LogP contribution < -0.4 is 5.32 Å². The van der Waals surface area contributed by atoms with Crippen molar-refractivity contribution in [2.45, 2.75) is 45.7 Å². The maximum atomic E-state index is 13.2. The van der Waals surface area contributed by atoms with Crippen LogP contribution in [0.1, 0.15) is 45.0 Å². The molecule has 0 saturated carbocycles. The molecule has 1 saturated heterocycles. The molecule has 1 atom stereocenters. The number of rotatable bonds is 3. The number of aromatic amines is 1. The van der Waals surface area contributed by atoms with Gasteiger partial charge in [-0.1, -0.05) is 32.0 Å². The maximum Gasteiger partial charge on any atom is 0.325 e. The number of carbonyl (C=O) groups excluding carboxylic acids is 3. The van der Waals surface area contributed by atoms with Gasteiger partial charge >= 0.3 is 6.03 Å². The average Bonchev–Trinajstić information content (AvgIpc) is 3.10. The van der Waals surface area contributed by atoms with E-state index in [0.717, 1.165) is 17.6 Å². The molecular weight excluding hydrogens is 356 g/mol. The molecule has 7 heteroatoms. The van der Waals surface area contributed by atoms with E-state index >= 15 is 0 Å². The fourth-order valence-electron chi connectivity index (χ4n) is 4.43. The molecule has 1 fully saturated rings. The van der Waals surface area contributed by atoms with Crippen LogP contribution in [0.25, 0.3) is 10.9 Å². The molecule has 28 heavy (non-hydrogen) atoms. The number of nitrogens with zero attached hydrogens (tertiary/aromatic N) is 2. The molecule has 0 aliphatic carbocycles. The first-order valence-corrected chi connectivity index (χ1v) is 9.74. The number of benzene rings is 1. The third-order valence-electron chi connectivity index (χ3n) is 6.02. The molecule has 2 N–H and O–H groups in total. The smallest absolute Gasteiger partial charge is 0.325 e. The normalized spacial score (nSPS) is 21.4. The lowest BCUT2D eigenvalue weighted by Gasteiger charge is -2.39. The molecule has 7 nitrogen and oxygen atoms in total. The summed E-state index contributed by atoms with van der Waals surface area (Å²) in [6.07, 6.45) is 0.767. The second-order valence-corrected chi connectivity index (χ2v) is 8.49. The predicted molar refractivity (Wildman–Crippen MR) is 106 cm³/mol. The van der Waals surface area contributed by atoms with Crippen molar-refractivity contribution in [2.24, 2.45) is 5.92 Å². The highest BCUT2D eigenvalue weighted by Gasteiger charge is 2.47. The Morgan fingerprint density at radius 1 is 1.25 bits per heavy atom. The Balaban J connectivity index is 1.65. The van der Waals surface area contributed by atoms with Gasteiger partial charge in [-0.15, -0.1) is 0 Å². The number of carbonyl (C=O) groups is 3. The van der Waals surface area contributed by atoms with Gasteiger partial charge in [-0.05, 0) is 37.8 Å². The monoisotopic (exact) mass is 382 g/mol. The van der Waals surface area contributed by atoms with E-state index in [9.17, 15) is 14.4 Å². The van der Waals surface area contributed by atoms with Crippen molar-refractivity contribution < 1.29 is 14.4 Å². The molecule has 0 spiro atoms. The highest BCUT2D eigenvalue weighted by atomic mass is 16.2. The van der Waals surface area contributed by atoms with Gasteiger partial charge in [-0.25, -0.2) is 4.79 Å². The van der Waals surface area contributed by atoms with Crippen molar-refractivity contribution in [1.82, 2.24) is 20.1 Å². The van der Waals surface area contributed by atoms with Gasteiger partial charge in [0.2, 0.25) is 5.91 Å². The minimum absolute atomic E-state index is 0.0897. The standard InChI is InChI=1S/C21H26N4O3/c1-12(2)18-17-14(13-7-5-6-8-15(13)22-17)9-10-24(18)16(26)11-25-20(28)23-19(27)21(25,3)4/h5-8,12,18,22H,9-11H2,1-4H3,(H,23,27,28)/t18-/m1/s1. The summed E-state index contributed by atoms with van der Waals surface area (Å²) in [5, 5.41) is 3.51. The zero-order chi connectivity index (χ0) is 20.2. The van der Waals surface area contributed by atoms with Crippen molar-refractivity contribution in [3.63, 3.8) is 0 Å². The van der Waals surface area contributed by atoms with Gasteiger partial charge in [0.15, 0.2) is 0 Å². The minimum Gasteiger partial charge on any atom is -0.356 e. The van der Waals surface area contributed by atoms with Crippen LogP contribution in [-0.2, 0) is 16.0 Å². The van der Waals surface area contributed by atoms with Crippen LogP contribution in [0.5, 0.6) is 0 Å². The number of fused-ring (bicyclic) bond motifs is 3. The summed E-state index contributed by atoms with van der Waals surface area (Å²) in [6.45, 7) is 8.01. The summed E-state index contributed by atoms with van der Waals surface area (Å²) in [5.41, 5.74) is 2.41. The van der Waals surface area contributed by atoms with Crippen LogP contribution in [0, 0.1) is 5.92 Å². The van der Waals surface area contributed by atoms with Crippen molar-refractivity contribution in [3.05, 3.63) is 35.5 Å². The van der Waals surface area contributed by atoms with Gasteiger partial charge in [0, 0.05) is 23.1 Å². The second-order valence-electron chi connectivity index (χ2n) is 8.49. The molecule has 3 heterocycles. The average molecular weight is 382 g/mol. The summed E-state index contributed by atoms with van der Waals surface area (Å²) in [5.74, 6) is -0.304. The Bertz CT molecular complexity index is 975. The third-order valence-corrected chi connectivity index (χ3v) is 6.02. The molecule has 0 unspecified atom stereocenters. The van der Waals surface area contributed by atoms with Gasteiger partial charge < -0.3 is 14.8 Å². The lowest BCUT2D eigenvalue weighted by atomic mass is 9.90. The lowest BCUT2D eigenvalue weighted by molar-refractivity contribution is -0.137. The van der Waals surface area contributed by atoms with E-state index in [4.69, 9.17) is 0 Å². The van der Waals surface area contributed by atoms with Crippen molar-refractivity contribution in [3.8, 4) is 0 Å². The van der Waals surface area contributed by atoms with E-state index < -0.39 is 11.6 Å². The zero-order valence-electron chi connectivity index (χ0n) is 16.7. The van der Waals surface area contributed by atoms with Crippen molar-refractivity contribution in [2.75, 3.05) is 13.1 Å². The largest absolute Gasteiger partial charge is 0.356 e. The molecule has 4 amide bonds. The molecule has 2 aliphatic heterocycles. The third kappa shape index (κ3) is 2.68. The lowest BCUT2D eigenvalue weighted by Crippen LogP contribution is -2.52. The number of imide groups is 1. The number of aromatic nitrogens is 1. The summed E-state index contributed by atoms with van der Waals surface area (Å²) < 4.78 is 0. The Kier molecular flexibility index (Phi) is 4.21. The van der Waals surface area contributed by atoms with Gasteiger partial charge in [0.1, 0.15) is 12.1 Å². The number of para-hydroxylation sites is 1. The molecule has 2 aliphatic rings. The fraction of sp³-hybridized carbons (Fsp3) is 0.476. The zero-order valence-corrected chi connectivity index (χ0v) is 16.7. The topological polar surface area (TPSA) is 85.5 Å².